The number of halogens is 2. The van der Waals surface area contributed by atoms with Crippen molar-refractivity contribution in [2.24, 2.45) is 0 Å². The van der Waals surface area contributed by atoms with Crippen LogP contribution in [0, 0.1) is 0 Å². The number of pyridine rings is 1. The fraction of sp³-hybridized carbons (Fsp3) is 0.500. The summed E-state index contributed by atoms with van der Waals surface area (Å²) in [6.45, 7) is 1.99. The Balaban J connectivity index is 2.97. The zero-order valence-electron chi connectivity index (χ0n) is 10.4. The topological polar surface area (TPSA) is 48.4 Å². The SMILES string of the molecule is CCOC(=O)c1cc(C(C)(C)OC(F)F)ccn1. The highest BCUT2D eigenvalue weighted by molar-refractivity contribution is 5.87. The van der Waals surface area contributed by atoms with Gasteiger partial charge in [0.2, 0.25) is 0 Å². The van der Waals surface area contributed by atoms with Crippen molar-refractivity contribution < 1.29 is 23.0 Å². The molecular formula is C12H15F2NO3. The van der Waals surface area contributed by atoms with Crippen molar-refractivity contribution in [2.45, 2.75) is 33.0 Å². The summed E-state index contributed by atoms with van der Waals surface area (Å²) in [6, 6.07) is 2.91. The number of nitrogens with zero attached hydrogens (tertiary/aromatic N) is 1. The lowest BCUT2D eigenvalue weighted by Gasteiger charge is -2.25. The molecule has 0 amide bonds. The first-order chi connectivity index (χ1) is 8.36. The lowest BCUT2D eigenvalue weighted by Crippen LogP contribution is -2.25. The van der Waals surface area contributed by atoms with Crippen LogP contribution in [-0.2, 0) is 15.1 Å². The van der Waals surface area contributed by atoms with Gasteiger partial charge in [-0.25, -0.2) is 9.78 Å². The highest BCUT2D eigenvalue weighted by Gasteiger charge is 2.26. The van der Waals surface area contributed by atoms with Crippen LogP contribution in [-0.4, -0.2) is 24.2 Å². The fourth-order valence-electron chi connectivity index (χ4n) is 1.41. The quantitative estimate of drug-likeness (QED) is 0.763. The number of carbonyl (C=O) groups excluding carboxylic acids is 1. The van der Waals surface area contributed by atoms with E-state index in [1.54, 1.807) is 6.92 Å². The third-order valence-corrected chi connectivity index (χ3v) is 2.32. The molecule has 0 fully saturated rings. The molecule has 18 heavy (non-hydrogen) atoms. The van der Waals surface area contributed by atoms with Crippen LogP contribution in [0.3, 0.4) is 0 Å². The molecule has 0 saturated carbocycles. The molecule has 0 bridgehead atoms. The van der Waals surface area contributed by atoms with Gasteiger partial charge in [-0.1, -0.05) is 0 Å². The van der Waals surface area contributed by atoms with Crippen LogP contribution >= 0.6 is 0 Å². The van der Waals surface area contributed by atoms with Crippen LogP contribution in [0.4, 0.5) is 8.78 Å². The Hall–Kier alpha value is -1.56. The molecule has 0 N–H and O–H groups in total. The van der Waals surface area contributed by atoms with E-state index >= 15 is 0 Å². The van der Waals surface area contributed by atoms with E-state index in [1.165, 1.54) is 32.2 Å². The number of hydrogen-bond acceptors (Lipinski definition) is 4. The van der Waals surface area contributed by atoms with Crippen molar-refractivity contribution in [1.29, 1.82) is 0 Å². The Morgan fingerprint density at radius 2 is 2.17 bits per heavy atom. The molecule has 1 heterocycles. The third-order valence-electron chi connectivity index (χ3n) is 2.32. The van der Waals surface area contributed by atoms with Crippen LogP contribution in [0.2, 0.25) is 0 Å². The second kappa shape index (κ2) is 5.86. The largest absolute Gasteiger partial charge is 0.461 e. The van der Waals surface area contributed by atoms with Crippen LogP contribution in [0.15, 0.2) is 18.3 Å². The van der Waals surface area contributed by atoms with Crippen molar-refractivity contribution in [3.63, 3.8) is 0 Å². The first-order valence-electron chi connectivity index (χ1n) is 5.46. The minimum atomic E-state index is -2.89. The maximum absolute atomic E-state index is 12.3. The first kappa shape index (κ1) is 14.5. The summed E-state index contributed by atoms with van der Waals surface area (Å²) in [5.74, 6) is -0.591. The van der Waals surface area contributed by atoms with Crippen LogP contribution in [0.25, 0.3) is 0 Å². The van der Waals surface area contributed by atoms with E-state index in [2.05, 4.69) is 9.72 Å². The molecular weight excluding hydrogens is 244 g/mol. The molecule has 1 aromatic rings. The number of hydrogen-bond donors (Lipinski definition) is 0. The van der Waals surface area contributed by atoms with E-state index in [4.69, 9.17) is 4.74 Å². The molecule has 0 aromatic carbocycles. The zero-order chi connectivity index (χ0) is 13.8. The van der Waals surface area contributed by atoms with E-state index in [9.17, 15) is 13.6 Å². The van der Waals surface area contributed by atoms with Crippen molar-refractivity contribution in [3.05, 3.63) is 29.6 Å². The number of aromatic nitrogens is 1. The molecule has 1 rings (SSSR count). The van der Waals surface area contributed by atoms with Crippen LogP contribution in [0.5, 0.6) is 0 Å². The predicted octanol–water partition coefficient (Wildman–Crippen LogP) is 2.73. The molecule has 100 valence electrons. The van der Waals surface area contributed by atoms with Crippen molar-refractivity contribution in [3.8, 4) is 0 Å². The molecule has 0 saturated heterocycles. The van der Waals surface area contributed by atoms with Crippen LogP contribution < -0.4 is 0 Å². The van der Waals surface area contributed by atoms with Crippen molar-refractivity contribution >= 4 is 5.97 Å². The minimum Gasteiger partial charge on any atom is -0.461 e. The maximum Gasteiger partial charge on any atom is 0.356 e. The number of rotatable bonds is 5. The molecule has 4 nitrogen and oxygen atoms in total. The van der Waals surface area contributed by atoms with Gasteiger partial charge in [0.1, 0.15) is 5.69 Å². The smallest absolute Gasteiger partial charge is 0.356 e. The third kappa shape index (κ3) is 3.73. The van der Waals surface area contributed by atoms with Crippen molar-refractivity contribution in [2.75, 3.05) is 6.61 Å². The van der Waals surface area contributed by atoms with Gasteiger partial charge in [-0.15, -0.1) is 0 Å². The molecule has 0 atom stereocenters. The van der Waals surface area contributed by atoms with Gasteiger partial charge in [0.15, 0.2) is 0 Å². The average Bonchev–Trinajstić information content (AvgIpc) is 2.28. The second-order valence-electron chi connectivity index (χ2n) is 4.04. The molecule has 0 unspecified atom stereocenters. The van der Waals surface area contributed by atoms with Gasteiger partial charge < -0.3 is 9.47 Å². The summed E-state index contributed by atoms with van der Waals surface area (Å²) in [7, 11) is 0. The Kier molecular flexibility index (Phi) is 4.72. The van der Waals surface area contributed by atoms with Gasteiger partial charge in [-0.3, -0.25) is 0 Å². The summed E-state index contributed by atoms with van der Waals surface area (Å²) in [5.41, 5.74) is -0.709. The molecule has 0 radical (unpaired) electrons. The molecule has 6 heteroatoms. The fourth-order valence-corrected chi connectivity index (χ4v) is 1.41. The average molecular weight is 259 g/mol. The molecule has 0 spiro atoms. The summed E-state index contributed by atoms with van der Waals surface area (Å²) in [4.78, 5) is 15.3. The lowest BCUT2D eigenvalue weighted by atomic mass is 9.98. The summed E-state index contributed by atoms with van der Waals surface area (Å²) in [6.07, 6.45) is 1.36. The summed E-state index contributed by atoms with van der Waals surface area (Å²) >= 11 is 0. The molecule has 1 aromatic heterocycles. The number of ether oxygens (including phenoxy) is 2. The first-order valence-corrected chi connectivity index (χ1v) is 5.46. The van der Waals surface area contributed by atoms with Crippen molar-refractivity contribution in [1.82, 2.24) is 4.98 Å². The van der Waals surface area contributed by atoms with E-state index in [-0.39, 0.29) is 12.3 Å². The van der Waals surface area contributed by atoms with Gasteiger partial charge in [-0.2, -0.15) is 8.78 Å². The predicted molar refractivity (Wildman–Crippen MR) is 60.3 cm³/mol. The number of alkyl halides is 2. The van der Waals surface area contributed by atoms with Gasteiger partial charge in [0.25, 0.3) is 0 Å². The Morgan fingerprint density at radius 3 is 2.72 bits per heavy atom. The molecule has 0 aliphatic heterocycles. The highest BCUT2D eigenvalue weighted by Crippen LogP contribution is 2.27. The lowest BCUT2D eigenvalue weighted by molar-refractivity contribution is -0.200. The Labute approximate surface area is 104 Å². The van der Waals surface area contributed by atoms with Gasteiger partial charge in [0.05, 0.1) is 12.2 Å². The number of carbonyl (C=O) groups is 1. The van der Waals surface area contributed by atoms with E-state index in [0.717, 1.165) is 0 Å². The van der Waals surface area contributed by atoms with Gasteiger partial charge in [-0.05, 0) is 38.5 Å². The normalized spacial score (nSPS) is 11.7. The zero-order valence-corrected chi connectivity index (χ0v) is 10.4. The summed E-state index contributed by atoms with van der Waals surface area (Å²) < 4.78 is 33.8. The van der Waals surface area contributed by atoms with E-state index < -0.39 is 18.2 Å². The minimum absolute atomic E-state index is 0.0697. The standard InChI is InChI=1S/C12H15F2NO3/c1-4-17-10(16)9-7-8(5-6-15-9)12(2,3)18-11(13)14/h5-7,11H,4H2,1-3H3. The van der Waals surface area contributed by atoms with Gasteiger partial charge in [0, 0.05) is 6.20 Å². The molecule has 0 aliphatic rings. The molecule has 0 aliphatic carbocycles. The highest BCUT2D eigenvalue weighted by atomic mass is 19.3. The monoisotopic (exact) mass is 259 g/mol. The van der Waals surface area contributed by atoms with Crippen LogP contribution in [0.1, 0.15) is 36.8 Å². The van der Waals surface area contributed by atoms with Gasteiger partial charge >= 0.3 is 12.6 Å². The Bertz CT molecular complexity index is 422. The van der Waals surface area contributed by atoms with E-state index in [0.29, 0.717) is 5.56 Å². The maximum atomic E-state index is 12.3. The van der Waals surface area contributed by atoms with E-state index in [1.807, 2.05) is 0 Å². The Morgan fingerprint density at radius 1 is 1.50 bits per heavy atom. The number of esters is 1. The summed E-state index contributed by atoms with van der Waals surface area (Å²) in [5, 5.41) is 0. The second-order valence-corrected chi connectivity index (χ2v) is 4.04.